The molecule has 31 heavy (non-hydrogen) atoms. The van der Waals surface area contributed by atoms with E-state index < -0.39 is 5.60 Å². The Morgan fingerprint density at radius 2 is 1.87 bits per heavy atom. The highest BCUT2D eigenvalue weighted by Gasteiger charge is 2.43. The second kappa shape index (κ2) is 8.29. The number of carbonyl (C=O) groups excluding carboxylic acids is 3. The molecule has 2 aliphatic rings. The zero-order valence-electron chi connectivity index (χ0n) is 17.2. The second-order valence-corrected chi connectivity index (χ2v) is 7.93. The van der Waals surface area contributed by atoms with E-state index in [1.54, 1.807) is 42.2 Å². The Hall–Kier alpha value is -3.55. The third kappa shape index (κ3) is 4.63. The van der Waals surface area contributed by atoms with Gasteiger partial charge in [-0.15, -0.1) is 0 Å². The predicted molar refractivity (Wildman–Crippen MR) is 112 cm³/mol. The largest absolute Gasteiger partial charge is 0.508 e. The van der Waals surface area contributed by atoms with Gasteiger partial charge in [0.15, 0.2) is 12.4 Å². The summed E-state index contributed by atoms with van der Waals surface area (Å²) in [6, 6.07) is 11.1. The monoisotopic (exact) mass is 424 g/mol. The Kier molecular flexibility index (Phi) is 5.54. The molecule has 2 heterocycles. The zero-order chi connectivity index (χ0) is 22.0. The first-order chi connectivity index (χ1) is 14.8. The van der Waals surface area contributed by atoms with E-state index in [4.69, 9.17) is 9.47 Å². The average molecular weight is 424 g/mol. The van der Waals surface area contributed by atoms with Crippen molar-refractivity contribution in [1.82, 2.24) is 4.90 Å². The van der Waals surface area contributed by atoms with E-state index in [0.717, 1.165) is 0 Å². The van der Waals surface area contributed by atoms with Gasteiger partial charge in [0.2, 0.25) is 5.91 Å². The van der Waals surface area contributed by atoms with Gasteiger partial charge in [0.05, 0.1) is 12.0 Å². The van der Waals surface area contributed by atoms with Crippen LogP contribution in [-0.2, 0) is 9.59 Å². The molecule has 1 saturated heterocycles. The van der Waals surface area contributed by atoms with Crippen LogP contribution in [-0.4, -0.2) is 52.9 Å². The highest BCUT2D eigenvalue weighted by atomic mass is 16.5. The summed E-state index contributed by atoms with van der Waals surface area (Å²) in [5, 5.41) is 12.0. The first-order valence-corrected chi connectivity index (χ1v) is 10.2. The first kappa shape index (κ1) is 20.7. The number of aromatic hydroxyl groups is 1. The van der Waals surface area contributed by atoms with Crippen LogP contribution >= 0.6 is 0 Å². The summed E-state index contributed by atoms with van der Waals surface area (Å²) in [5.74, 6) is 0.665. The maximum absolute atomic E-state index is 12.7. The van der Waals surface area contributed by atoms with Crippen LogP contribution in [0.1, 0.15) is 36.5 Å². The second-order valence-electron chi connectivity index (χ2n) is 7.93. The van der Waals surface area contributed by atoms with Gasteiger partial charge in [-0.3, -0.25) is 14.4 Å². The summed E-state index contributed by atoms with van der Waals surface area (Å²) in [4.78, 5) is 38.2. The number of phenols is 1. The number of likely N-dealkylation sites (tertiary alicyclic amines) is 1. The van der Waals surface area contributed by atoms with Gasteiger partial charge in [-0.2, -0.15) is 0 Å². The minimum absolute atomic E-state index is 0.00847. The number of fused-ring (bicyclic) bond motifs is 1. The van der Waals surface area contributed by atoms with Crippen molar-refractivity contribution in [3.8, 4) is 17.2 Å². The SMILES string of the molecule is CC(=O)N1CCC2(CC1)CC(=O)c1ccc(OCC(=O)Nc3ccc(O)cc3)cc1O2. The Labute approximate surface area is 179 Å². The first-order valence-electron chi connectivity index (χ1n) is 10.2. The molecular weight excluding hydrogens is 400 g/mol. The standard InChI is InChI=1S/C23H24N2O6/c1-15(26)25-10-8-23(9-11-25)13-20(28)19-7-6-18(12-21(19)31-23)30-14-22(29)24-16-2-4-17(27)5-3-16/h2-7,12,27H,8-11,13-14H2,1H3,(H,24,29). The predicted octanol–water partition coefficient (Wildman–Crippen LogP) is 2.76. The molecule has 0 aromatic heterocycles. The lowest BCUT2D eigenvalue weighted by molar-refractivity contribution is -0.132. The molecule has 0 unspecified atom stereocenters. The van der Waals surface area contributed by atoms with E-state index in [1.165, 1.54) is 12.1 Å². The van der Waals surface area contributed by atoms with E-state index in [-0.39, 0.29) is 30.0 Å². The van der Waals surface area contributed by atoms with Gasteiger partial charge < -0.3 is 24.8 Å². The van der Waals surface area contributed by atoms with E-state index >= 15 is 0 Å². The fourth-order valence-electron chi connectivity index (χ4n) is 3.96. The Bertz CT molecular complexity index is 1010. The molecule has 0 bridgehead atoms. The number of ketones is 1. The summed E-state index contributed by atoms with van der Waals surface area (Å²) in [6.45, 7) is 2.45. The van der Waals surface area contributed by atoms with E-state index in [1.807, 2.05) is 0 Å². The van der Waals surface area contributed by atoms with Crippen molar-refractivity contribution >= 4 is 23.3 Å². The normalized spacial score (nSPS) is 16.9. The van der Waals surface area contributed by atoms with Gasteiger partial charge in [-0.25, -0.2) is 0 Å². The van der Waals surface area contributed by atoms with Crippen LogP contribution in [0.4, 0.5) is 5.69 Å². The van der Waals surface area contributed by atoms with Gasteiger partial charge in [-0.05, 0) is 36.4 Å². The highest BCUT2D eigenvalue weighted by Crippen LogP contribution is 2.40. The molecule has 1 fully saturated rings. The lowest BCUT2D eigenvalue weighted by atomic mass is 9.82. The molecule has 0 radical (unpaired) electrons. The zero-order valence-corrected chi connectivity index (χ0v) is 17.2. The number of benzene rings is 2. The van der Waals surface area contributed by atoms with Crippen LogP contribution in [0.2, 0.25) is 0 Å². The molecule has 0 atom stereocenters. The fourth-order valence-corrected chi connectivity index (χ4v) is 3.96. The molecule has 8 nitrogen and oxygen atoms in total. The van der Waals surface area contributed by atoms with Gasteiger partial charge in [0, 0.05) is 44.6 Å². The Morgan fingerprint density at radius 3 is 2.55 bits per heavy atom. The molecular formula is C23H24N2O6. The number of anilines is 1. The van der Waals surface area contributed by atoms with Crippen LogP contribution in [0.25, 0.3) is 0 Å². The van der Waals surface area contributed by atoms with E-state index in [9.17, 15) is 19.5 Å². The third-order valence-electron chi connectivity index (χ3n) is 5.70. The smallest absolute Gasteiger partial charge is 0.262 e. The number of nitrogens with one attached hydrogen (secondary N) is 1. The number of Topliss-reactive ketones (excluding diaryl/α,β-unsaturated/α-hetero) is 1. The molecule has 162 valence electrons. The molecule has 2 amide bonds. The number of phenolic OH excluding ortho intramolecular Hbond substituents is 1. The summed E-state index contributed by atoms with van der Waals surface area (Å²) in [6.07, 6.45) is 1.48. The number of piperidine rings is 1. The van der Waals surface area contributed by atoms with Gasteiger partial charge in [-0.1, -0.05) is 0 Å². The quantitative estimate of drug-likeness (QED) is 0.732. The number of carbonyl (C=O) groups is 3. The molecule has 4 rings (SSSR count). The third-order valence-corrected chi connectivity index (χ3v) is 5.70. The minimum Gasteiger partial charge on any atom is -0.508 e. The number of hydrogen-bond donors (Lipinski definition) is 2. The van der Waals surface area contributed by atoms with Gasteiger partial charge in [0.1, 0.15) is 22.8 Å². The van der Waals surface area contributed by atoms with Crippen molar-refractivity contribution in [2.45, 2.75) is 31.8 Å². The van der Waals surface area contributed by atoms with Crippen molar-refractivity contribution in [2.75, 3.05) is 25.0 Å². The minimum atomic E-state index is -0.606. The van der Waals surface area contributed by atoms with Crippen LogP contribution in [0.3, 0.4) is 0 Å². The van der Waals surface area contributed by atoms with Crippen molar-refractivity contribution < 1.29 is 29.0 Å². The lowest BCUT2D eigenvalue weighted by Gasteiger charge is -2.43. The molecule has 2 N–H and O–H groups in total. The van der Waals surface area contributed by atoms with Crippen LogP contribution in [0.5, 0.6) is 17.2 Å². The highest BCUT2D eigenvalue weighted by molar-refractivity contribution is 6.00. The molecule has 2 aromatic rings. The van der Waals surface area contributed by atoms with Crippen LogP contribution in [0, 0.1) is 0 Å². The molecule has 2 aliphatic heterocycles. The maximum Gasteiger partial charge on any atom is 0.262 e. The number of nitrogens with zero attached hydrogens (tertiary/aromatic N) is 1. The number of ether oxygens (including phenoxy) is 2. The van der Waals surface area contributed by atoms with E-state index in [0.29, 0.717) is 55.1 Å². The van der Waals surface area contributed by atoms with Crippen molar-refractivity contribution in [3.05, 3.63) is 48.0 Å². The van der Waals surface area contributed by atoms with Crippen molar-refractivity contribution in [3.63, 3.8) is 0 Å². The van der Waals surface area contributed by atoms with Crippen LogP contribution in [0.15, 0.2) is 42.5 Å². The van der Waals surface area contributed by atoms with Crippen molar-refractivity contribution in [2.24, 2.45) is 0 Å². The van der Waals surface area contributed by atoms with E-state index in [2.05, 4.69) is 5.32 Å². The summed E-state index contributed by atoms with van der Waals surface area (Å²) in [5.41, 5.74) is 0.440. The van der Waals surface area contributed by atoms with Gasteiger partial charge in [0.25, 0.3) is 5.91 Å². The summed E-state index contributed by atoms with van der Waals surface area (Å²) >= 11 is 0. The molecule has 0 saturated carbocycles. The summed E-state index contributed by atoms with van der Waals surface area (Å²) < 4.78 is 11.8. The lowest BCUT2D eigenvalue weighted by Crippen LogP contribution is -2.51. The van der Waals surface area contributed by atoms with Crippen LogP contribution < -0.4 is 14.8 Å². The Morgan fingerprint density at radius 1 is 1.16 bits per heavy atom. The Balaban J connectivity index is 1.40. The molecule has 8 heteroatoms. The fraction of sp³-hybridized carbons (Fsp3) is 0.348. The number of hydrogen-bond acceptors (Lipinski definition) is 6. The molecule has 1 spiro atoms. The maximum atomic E-state index is 12.7. The summed E-state index contributed by atoms with van der Waals surface area (Å²) in [7, 11) is 0. The molecule has 0 aliphatic carbocycles. The topological polar surface area (TPSA) is 105 Å². The number of rotatable bonds is 4. The molecule has 2 aromatic carbocycles. The van der Waals surface area contributed by atoms with Crippen molar-refractivity contribution in [1.29, 1.82) is 0 Å². The van der Waals surface area contributed by atoms with Gasteiger partial charge >= 0.3 is 0 Å². The average Bonchev–Trinajstić information content (AvgIpc) is 2.74. The number of amides is 2.